The average molecular weight is 213 g/mol. The molecule has 0 radical (unpaired) electrons. The molecule has 2 rings (SSSR count). The van der Waals surface area contributed by atoms with Crippen LogP contribution in [-0.2, 0) is 0 Å². The summed E-state index contributed by atoms with van der Waals surface area (Å²) in [4.78, 5) is 14.0. The zero-order valence-electron chi connectivity index (χ0n) is 9.53. The molecule has 0 amide bonds. The van der Waals surface area contributed by atoms with Crippen molar-refractivity contribution in [1.29, 1.82) is 0 Å². The molecule has 1 heterocycles. The highest BCUT2D eigenvalue weighted by Gasteiger charge is 2.12. The van der Waals surface area contributed by atoms with Gasteiger partial charge in [0.1, 0.15) is 0 Å². The first-order valence-electron chi connectivity index (χ1n) is 5.46. The van der Waals surface area contributed by atoms with Gasteiger partial charge in [0.05, 0.1) is 5.69 Å². The minimum Gasteiger partial charge on any atom is -0.352 e. The number of H-pyrrole nitrogens is 1. The van der Waals surface area contributed by atoms with Crippen LogP contribution in [0.1, 0.15) is 35.8 Å². The van der Waals surface area contributed by atoms with Crippen LogP contribution in [0.2, 0.25) is 0 Å². The first-order chi connectivity index (χ1) is 7.72. The molecular weight excluding hydrogens is 198 g/mol. The SMILES string of the molecule is CC(C)c1cc(C=O)[nH]c1-c1ccccc1. The Labute approximate surface area is 95.3 Å². The van der Waals surface area contributed by atoms with Gasteiger partial charge in [0.15, 0.2) is 6.29 Å². The Morgan fingerprint density at radius 1 is 1.19 bits per heavy atom. The lowest BCUT2D eigenvalue weighted by Gasteiger charge is -2.06. The summed E-state index contributed by atoms with van der Waals surface area (Å²) < 4.78 is 0. The molecule has 0 saturated carbocycles. The van der Waals surface area contributed by atoms with Crippen LogP contribution in [0.4, 0.5) is 0 Å². The molecule has 82 valence electrons. The third-order valence-corrected chi connectivity index (χ3v) is 2.68. The van der Waals surface area contributed by atoms with Crippen LogP contribution >= 0.6 is 0 Å². The summed E-state index contributed by atoms with van der Waals surface area (Å²) >= 11 is 0. The van der Waals surface area contributed by atoms with Crippen molar-refractivity contribution in [2.45, 2.75) is 19.8 Å². The highest BCUT2D eigenvalue weighted by atomic mass is 16.1. The smallest absolute Gasteiger partial charge is 0.166 e. The summed E-state index contributed by atoms with van der Waals surface area (Å²) in [7, 11) is 0. The molecule has 0 aliphatic rings. The summed E-state index contributed by atoms with van der Waals surface area (Å²) in [6.45, 7) is 4.26. The maximum Gasteiger partial charge on any atom is 0.166 e. The van der Waals surface area contributed by atoms with Gasteiger partial charge in [-0.2, -0.15) is 0 Å². The van der Waals surface area contributed by atoms with E-state index in [1.165, 1.54) is 5.56 Å². The second-order valence-electron chi connectivity index (χ2n) is 4.19. The molecule has 0 bridgehead atoms. The number of hydrogen-bond donors (Lipinski definition) is 1. The lowest BCUT2D eigenvalue weighted by molar-refractivity contribution is 0.111. The van der Waals surface area contributed by atoms with Crippen LogP contribution in [0.15, 0.2) is 36.4 Å². The first kappa shape index (κ1) is 10.7. The number of hydrogen-bond acceptors (Lipinski definition) is 1. The third-order valence-electron chi connectivity index (χ3n) is 2.68. The molecule has 1 aromatic carbocycles. The van der Waals surface area contributed by atoms with Crippen molar-refractivity contribution < 1.29 is 4.79 Å². The van der Waals surface area contributed by atoms with Crippen molar-refractivity contribution in [2.24, 2.45) is 0 Å². The molecule has 16 heavy (non-hydrogen) atoms. The Morgan fingerprint density at radius 3 is 2.44 bits per heavy atom. The maximum absolute atomic E-state index is 10.8. The van der Waals surface area contributed by atoms with Gasteiger partial charge in [-0.05, 0) is 23.1 Å². The average Bonchev–Trinajstić information content (AvgIpc) is 2.74. The van der Waals surface area contributed by atoms with Crippen molar-refractivity contribution in [3.8, 4) is 11.3 Å². The van der Waals surface area contributed by atoms with Crippen molar-refractivity contribution >= 4 is 6.29 Å². The molecule has 1 aromatic heterocycles. The van der Waals surface area contributed by atoms with E-state index >= 15 is 0 Å². The van der Waals surface area contributed by atoms with E-state index in [1.54, 1.807) is 0 Å². The Morgan fingerprint density at radius 2 is 1.88 bits per heavy atom. The van der Waals surface area contributed by atoms with Gasteiger partial charge in [-0.3, -0.25) is 4.79 Å². The zero-order valence-corrected chi connectivity index (χ0v) is 9.53. The van der Waals surface area contributed by atoms with Crippen LogP contribution in [-0.4, -0.2) is 11.3 Å². The van der Waals surface area contributed by atoms with Crippen molar-refractivity contribution in [3.05, 3.63) is 47.7 Å². The molecule has 0 aliphatic heterocycles. The zero-order chi connectivity index (χ0) is 11.5. The Kier molecular flexibility index (Phi) is 2.91. The van der Waals surface area contributed by atoms with Crippen molar-refractivity contribution in [1.82, 2.24) is 4.98 Å². The second kappa shape index (κ2) is 4.35. The molecule has 0 unspecified atom stereocenters. The lowest BCUT2D eigenvalue weighted by Crippen LogP contribution is -1.88. The van der Waals surface area contributed by atoms with Gasteiger partial charge >= 0.3 is 0 Å². The maximum atomic E-state index is 10.8. The van der Waals surface area contributed by atoms with E-state index in [-0.39, 0.29) is 0 Å². The molecule has 0 spiro atoms. The van der Waals surface area contributed by atoms with E-state index in [2.05, 4.69) is 18.8 Å². The van der Waals surface area contributed by atoms with E-state index in [9.17, 15) is 4.79 Å². The number of carbonyl (C=O) groups is 1. The van der Waals surface area contributed by atoms with Gasteiger partial charge in [0.25, 0.3) is 0 Å². The van der Waals surface area contributed by atoms with Gasteiger partial charge in [-0.15, -0.1) is 0 Å². The number of aromatic amines is 1. The van der Waals surface area contributed by atoms with Gasteiger partial charge in [0.2, 0.25) is 0 Å². The standard InChI is InChI=1S/C14H15NO/c1-10(2)13-8-12(9-16)15-14(13)11-6-4-3-5-7-11/h3-10,15H,1-2H3. The monoisotopic (exact) mass is 213 g/mol. The topological polar surface area (TPSA) is 32.9 Å². The molecule has 0 atom stereocenters. The summed E-state index contributed by atoms with van der Waals surface area (Å²) in [6.07, 6.45) is 0.859. The summed E-state index contributed by atoms with van der Waals surface area (Å²) in [6, 6.07) is 12.0. The Balaban J connectivity index is 2.55. The van der Waals surface area contributed by atoms with Crippen LogP contribution < -0.4 is 0 Å². The molecule has 2 aromatic rings. The number of carbonyl (C=O) groups excluding carboxylic acids is 1. The van der Waals surface area contributed by atoms with Crippen molar-refractivity contribution in [3.63, 3.8) is 0 Å². The van der Waals surface area contributed by atoms with Crippen LogP contribution in [0.3, 0.4) is 0 Å². The number of aromatic nitrogens is 1. The fraction of sp³-hybridized carbons (Fsp3) is 0.214. The summed E-state index contributed by atoms with van der Waals surface area (Å²) in [5.74, 6) is 0.403. The minimum absolute atomic E-state index is 0.403. The predicted octanol–water partition coefficient (Wildman–Crippen LogP) is 3.62. The Hall–Kier alpha value is -1.83. The largest absolute Gasteiger partial charge is 0.352 e. The fourth-order valence-corrected chi connectivity index (χ4v) is 1.85. The predicted molar refractivity (Wildman–Crippen MR) is 65.7 cm³/mol. The van der Waals surface area contributed by atoms with E-state index in [4.69, 9.17) is 0 Å². The third kappa shape index (κ3) is 1.91. The lowest BCUT2D eigenvalue weighted by atomic mass is 9.99. The van der Waals surface area contributed by atoms with Crippen LogP contribution in [0.5, 0.6) is 0 Å². The quantitative estimate of drug-likeness (QED) is 0.776. The first-order valence-corrected chi connectivity index (χ1v) is 5.46. The minimum atomic E-state index is 0.403. The van der Waals surface area contributed by atoms with E-state index in [0.29, 0.717) is 11.6 Å². The number of rotatable bonds is 3. The molecule has 2 nitrogen and oxygen atoms in total. The van der Waals surface area contributed by atoms with E-state index in [0.717, 1.165) is 17.5 Å². The molecule has 0 fully saturated rings. The number of aldehydes is 1. The molecule has 1 N–H and O–H groups in total. The van der Waals surface area contributed by atoms with Gasteiger partial charge in [0, 0.05) is 5.69 Å². The van der Waals surface area contributed by atoms with Crippen molar-refractivity contribution in [2.75, 3.05) is 0 Å². The number of benzene rings is 1. The molecular formula is C14H15NO. The second-order valence-corrected chi connectivity index (χ2v) is 4.19. The highest BCUT2D eigenvalue weighted by molar-refractivity contribution is 5.77. The Bertz CT molecular complexity index is 483. The highest BCUT2D eigenvalue weighted by Crippen LogP contribution is 2.28. The summed E-state index contributed by atoms with van der Waals surface area (Å²) in [5, 5.41) is 0. The van der Waals surface area contributed by atoms with Crippen LogP contribution in [0.25, 0.3) is 11.3 Å². The van der Waals surface area contributed by atoms with Gasteiger partial charge in [-0.25, -0.2) is 0 Å². The fourth-order valence-electron chi connectivity index (χ4n) is 1.85. The normalized spacial score (nSPS) is 10.7. The van der Waals surface area contributed by atoms with E-state index in [1.807, 2.05) is 36.4 Å². The summed E-state index contributed by atoms with van der Waals surface area (Å²) in [5.41, 5.74) is 4.01. The van der Waals surface area contributed by atoms with Gasteiger partial charge in [-0.1, -0.05) is 44.2 Å². The van der Waals surface area contributed by atoms with Gasteiger partial charge < -0.3 is 4.98 Å². The molecule has 0 aliphatic carbocycles. The molecule has 2 heteroatoms. The molecule has 0 saturated heterocycles. The van der Waals surface area contributed by atoms with Crippen LogP contribution in [0, 0.1) is 0 Å². The number of nitrogens with one attached hydrogen (secondary N) is 1. The van der Waals surface area contributed by atoms with E-state index < -0.39 is 0 Å².